The average Bonchev–Trinajstić information content (AvgIpc) is 2.76. The molecule has 0 fully saturated rings. The number of rotatable bonds is 5. The van der Waals surface area contributed by atoms with Crippen LogP contribution in [0, 0.1) is 6.92 Å². The molecule has 0 spiro atoms. The third-order valence-electron chi connectivity index (χ3n) is 6.16. The molecule has 4 rings (SSSR count). The highest BCUT2D eigenvalue weighted by molar-refractivity contribution is 5.88. The number of anilines is 2. The van der Waals surface area contributed by atoms with Gasteiger partial charge in [0, 0.05) is 29.0 Å². The van der Waals surface area contributed by atoms with Crippen LogP contribution in [-0.4, -0.2) is 12.6 Å². The summed E-state index contributed by atoms with van der Waals surface area (Å²) in [6.07, 6.45) is -2.30. The number of ether oxygens (including phenoxy) is 1. The van der Waals surface area contributed by atoms with E-state index in [-0.39, 0.29) is 5.54 Å². The summed E-state index contributed by atoms with van der Waals surface area (Å²) < 4.78 is 46.2. The summed E-state index contributed by atoms with van der Waals surface area (Å²) in [4.78, 5) is 0. The minimum atomic E-state index is -4.45. The van der Waals surface area contributed by atoms with Crippen molar-refractivity contribution in [2.75, 3.05) is 17.7 Å². The van der Waals surface area contributed by atoms with Crippen LogP contribution in [-0.2, 0) is 12.7 Å². The van der Waals surface area contributed by atoms with Crippen molar-refractivity contribution in [2.24, 2.45) is 0 Å². The van der Waals surface area contributed by atoms with Gasteiger partial charge in [-0.25, -0.2) is 0 Å². The van der Waals surface area contributed by atoms with Crippen LogP contribution < -0.4 is 15.4 Å². The number of methoxy groups -OCH3 is 1. The molecule has 0 atom stereocenters. The Hall–Kier alpha value is -3.41. The van der Waals surface area contributed by atoms with Gasteiger partial charge in [-0.2, -0.15) is 13.2 Å². The number of hydrogen-bond donors (Lipinski definition) is 2. The second kappa shape index (κ2) is 8.75. The molecule has 178 valence electrons. The van der Waals surface area contributed by atoms with Crippen molar-refractivity contribution in [2.45, 2.75) is 46.0 Å². The first-order valence-corrected chi connectivity index (χ1v) is 11.2. The largest absolute Gasteiger partial charge is 0.496 e. The molecule has 3 aromatic carbocycles. The van der Waals surface area contributed by atoms with E-state index < -0.39 is 11.7 Å². The number of hydrogen-bond acceptors (Lipinski definition) is 3. The Morgan fingerprint density at radius 1 is 0.971 bits per heavy atom. The van der Waals surface area contributed by atoms with E-state index >= 15 is 0 Å². The highest BCUT2D eigenvalue weighted by atomic mass is 19.4. The summed E-state index contributed by atoms with van der Waals surface area (Å²) in [6, 6.07) is 15.4. The fourth-order valence-electron chi connectivity index (χ4n) is 4.68. The number of para-hydroxylation sites is 1. The molecule has 0 unspecified atom stereocenters. The Morgan fingerprint density at radius 3 is 2.38 bits per heavy atom. The summed E-state index contributed by atoms with van der Waals surface area (Å²) in [5, 5.41) is 7.04. The highest BCUT2D eigenvalue weighted by Gasteiger charge is 2.32. The lowest BCUT2D eigenvalue weighted by molar-refractivity contribution is -0.137. The average molecular weight is 467 g/mol. The molecule has 0 bridgehead atoms. The minimum Gasteiger partial charge on any atom is -0.496 e. The first-order valence-electron chi connectivity index (χ1n) is 11.2. The number of allylic oxidation sites excluding steroid dienone is 1. The summed E-state index contributed by atoms with van der Waals surface area (Å²) in [5.74, 6) is 0.399. The van der Waals surface area contributed by atoms with Crippen molar-refractivity contribution in [1.29, 1.82) is 0 Å². The Morgan fingerprint density at radius 2 is 1.71 bits per heavy atom. The maximum absolute atomic E-state index is 13.6. The van der Waals surface area contributed by atoms with Crippen LogP contribution in [0.1, 0.15) is 43.0 Å². The van der Waals surface area contributed by atoms with Crippen LogP contribution in [0.15, 0.2) is 60.7 Å². The van der Waals surface area contributed by atoms with E-state index in [1.54, 1.807) is 0 Å². The molecule has 0 saturated carbocycles. The second-order valence-electron chi connectivity index (χ2n) is 9.27. The molecule has 0 aliphatic carbocycles. The molecule has 1 heterocycles. The molecule has 34 heavy (non-hydrogen) atoms. The van der Waals surface area contributed by atoms with Crippen LogP contribution in [0.2, 0.25) is 0 Å². The number of nitrogens with one attached hydrogen (secondary N) is 2. The summed E-state index contributed by atoms with van der Waals surface area (Å²) in [6.45, 7) is 8.69. The van der Waals surface area contributed by atoms with Gasteiger partial charge < -0.3 is 15.4 Å². The Bertz CT molecular complexity index is 1260. The lowest BCUT2D eigenvalue weighted by Gasteiger charge is -2.33. The molecule has 0 radical (unpaired) electrons. The van der Waals surface area contributed by atoms with Crippen molar-refractivity contribution >= 4 is 16.9 Å². The Kier molecular flexibility index (Phi) is 6.11. The van der Waals surface area contributed by atoms with Crippen molar-refractivity contribution < 1.29 is 17.9 Å². The van der Waals surface area contributed by atoms with E-state index in [1.165, 1.54) is 19.2 Å². The van der Waals surface area contributed by atoms with E-state index in [2.05, 4.69) is 30.6 Å². The zero-order chi connectivity index (χ0) is 24.7. The quantitative estimate of drug-likeness (QED) is 0.401. The minimum absolute atomic E-state index is 0.229. The number of halogens is 3. The molecular formula is C28H29F3N2O. The number of aryl methyl sites for hydroxylation is 1. The summed E-state index contributed by atoms with van der Waals surface area (Å²) >= 11 is 0. The number of benzene rings is 3. The number of fused-ring (bicyclic) bond motifs is 1. The Balaban J connectivity index is 1.92. The molecular weight excluding hydrogens is 437 g/mol. The fraction of sp³-hybridized carbons (Fsp3) is 0.286. The van der Waals surface area contributed by atoms with Gasteiger partial charge >= 0.3 is 6.18 Å². The van der Waals surface area contributed by atoms with Crippen molar-refractivity contribution in [3.05, 3.63) is 82.9 Å². The topological polar surface area (TPSA) is 33.3 Å². The Labute approximate surface area is 198 Å². The van der Waals surface area contributed by atoms with Gasteiger partial charge in [0.05, 0.1) is 18.2 Å². The van der Waals surface area contributed by atoms with Crippen LogP contribution in [0.25, 0.3) is 16.7 Å². The smallest absolute Gasteiger partial charge is 0.416 e. The van der Waals surface area contributed by atoms with Crippen molar-refractivity contribution in [3.63, 3.8) is 0 Å². The maximum Gasteiger partial charge on any atom is 0.416 e. The van der Waals surface area contributed by atoms with Crippen molar-refractivity contribution in [1.82, 2.24) is 0 Å². The van der Waals surface area contributed by atoms with Gasteiger partial charge in [-0.3, -0.25) is 0 Å². The molecule has 6 heteroatoms. The van der Waals surface area contributed by atoms with Crippen LogP contribution in [0.5, 0.6) is 5.75 Å². The third-order valence-corrected chi connectivity index (χ3v) is 6.16. The lowest BCUT2D eigenvalue weighted by Crippen LogP contribution is -2.32. The van der Waals surface area contributed by atoms with Crippen molar-refractivity contribution in [3.8, 4) is 16.9 Å². The van der Waals surface area contributed by atoms with E-state index in [0.717, 1.165) is 39.7 Å². The van der Waals surface area contributed by atoms with Crippen LogP contribution >= 0.6 is 0 Å². The van der Waals surface area contributed by atoms with Gasteiger partial charge in [-0.15, -0.1) is 0 Å². The van der Waals surface area contributed by atoms with Gasteiger partial charge in [0.25, 0.3) is 0 Å². The molecule has 1 aliphatic heterocycles. The van der Waals surface area contributed by atoms with E-state index in [9.17, 15) is 13.2 Å². The molecule has 3 aromatic rings. The van der Waals surface area contributed by atoms with Gasteiger partial charge in [-0.1, -0.05) is 30.3 Å². The molecule has 0 aromatic heterocycles. The van der Waals surface area contributed by atoms with Crippen LogP contribution in [0.3, 0.4) is 0 Å². The lowest BCUT2D eigenvalue weighted by atomic mass is 9.84. The zero-order valence-corrected chi connectivity index (χ0v) is 20.0. The number of alkyl halides is 3. The van der Waals surface area contributed by atoms with Gasteiger partial charge in [0.1, 0.15) is 5.75 Å². The first kappa shape index (κ1) is 23.7. The normalized spacial score (nSPS) is 14.6. The van der Waals surface area contributed by atoms with Gasteiger partial charge in [0.15, 0.2) is 0 Å². The zero-order valence-electron chi connectivity index (χ0n) is 20.0. The molecule has 0 amide bonds. The van der Waals surface area contributed by atoms with E-state index in [1.807, 2.05) is 50.2 Å². The maximum atomic E-state index is 13.6. The monoisotopic (exact) mass is 466 g/mol. The summed E-state index contributed by atoms with van der Waals surface area (Å²) in [5.41, 5.74) is 6.21. The predicted molar refractivity (Wildman–Crippen MR) is 133 cm³/mol. The molecule has 3 nitrogen and oxygen atoms in total. The molecule has 2 N–H and O–H groups in total. The summed E-state index contributed by atoms with van der Waals surface area (Å²) in [7, 11) is 1.48. The van der Waals surface area contributed by atoms with E-state index in [4.69, 9.17) is 4.74 Å². The van der Waals surface area contributed by atoms with Crippen LogP contribution in [0.4, 0.5) is 24.5 Å². The molecule has 0 saturated heterocycles. The third kappa shape index (κ3) is 4.63. The first-order chi connectivity index (χ1) is 16.0. The van der Waals surface area contributed by atoms with Gasteiger partial charge in [0.2, 0.25) is 0 Å². The van der Waals surface area contributed by atoms with E-state index in [0.29, 0.717) is 23.4 Å². The standard InChI is InChI=1S/C28H29F3N2O/c1-17-8-6-7-9-23(17)32-16-22-20(11-12-24-26(22)18(2)15-27(3,4)33-24)21-14-19(28(29,30)31)10-13-25(21)34-5/h6-15,32-33H,16H2,1-5H3. The second-order valence-corrected chi connectivity index (χ2v) is 9.27. The fourth-order valence-corrected chi connectivity index (χ4v) is 4.68. The highest BCUT2D eigenvalue weighted by Crippen LogP contribution is 2.44. The predicted octanol–water partition coefficient (Wildman–Crippen LogP) is 7.91. The van der Waals surface area contributed by atoms with Gasteiger partial charge in [-0.05, 0) is 80.3 Å². The SMILES string of the molecule is COc1ccc(C(F)(F)F)cc1-c1ccc2c(c1CNc1ccccc1C)C(C)=CC(C)(C)N2. The molecule has 1 aliphatic rings.